The highest BCUT2D eigenvalue weighted by atomic mass is 79.9. The third-order valence-corrected chi connectivity index (χ3v) is 7.16. The molecule has 0 fully saturated rings. The third-order valence-electron chi connectivity index (χ3n) is 5.07. The molecule has 0 aliphatic heterocycles. The maximum Gasteiger partial charge on any atom is 0.261 e. The highest BCUT2D eigenvalue weighted by Gasteiger charge is 2.17. The van der Waals surface area contributed by atoms with Crippen molar-refractivity contribution in [1.82, 2.24) is 5.32 Å². The van der Waals surface area contributed by atoms with Crippen molar-refractivity contribution in [3.8, 4) is 5.75 Å². The molecule has 0 atom stereocenters. The van der Waals surface area contributed by atoms with E-state index in [1.54, 1.807) is 42.5 Å². The molecule has 3 aromatic rings. The average Bonchev–Trinajstić information content (AvgIpc) is 2.79. The first-order valence-corrected chi connectivity index (χ1v) is 14.0. The molecule has 0 bridgehead atoms. The standard InChI is InChI=1S/C26H28BrN3O4S2/c1-4-5-12-34-24-11-6-19(27)16-23(24)25(31)29-26(35)28-20-7-9-22(10-8-20)36(32,33)30-21-14-17(2)13-18(3)15-21/h6-11,13-16,30H,4-5,12H2,1-3H3,(H2,28,29,31,35). The summed E-state index contributed by atoms with van der Waals surface area (Å²) in [5.74, 6) is 0.0509. The van der Waals surface area contributed by atoms with Gasteiger partial charge in [-0.05, 0) is 98.2 Å². The number of nitrogens with one attached hydrogen (secondary N) is 3. The van der Waals surface area contributed by atoms with Crippen LogP contribution in [0.1, 0.15) is 41.3 Å². The summed E-state index contributed by atoms with van der Waals surface area (Å²) < 4.78 is 34.7. The van der Waals surface area contributed by atoms with Gasteiger partial charge in [0.25, 0.3) is 15.9 Å². The van der Waals surface area contributed by atoms with E-state index in [9.17, 15) is 13.2 Å². The van der Waals surface area contributed by atoms with Crippen molar-refractivity contribution in [3.05, 3.63) is 81.8 Å². The molecule has 0 spiro atoms. The van der Waals surface area contributed by atoms with Crippen LogP contribution in [0.2, 0.25) is 0 Å². The minimum atomic E-state index is -3.76. The Morgan fingerprint density at radius 3 is 2.28 bits per heavy atom. The number of ether oxygens (including phenoxy) is 1. The molecule has 190 valence electrons. The van der Waals surface area contributed by atoms with Gasteiger partial charge >= 0.3 is 0 Å². The maximum atomic E-state index is 12.8. The number of amides is 1. The Hall–Kier alpha value is -2.95. The molecular weight excluding hydrogens is 562 g/mol. The van der Waals surface area contributed by atoms with Crippen molar-refractivity contribution in [3.63, 3.8) is 0 Å². The second kappa shape index (κ2) is 12.3. The normalized spacial score (nSPS) is 11.0. The van der Waals surface area contributed by atoms with E-state index in [0.717, 1.165) is 28.4 Å². The van der Waals surface area contributed by atoms with Gasteiger partial charge in [-0.2, -0.15) is 0 Å². The van der Waals surface area contributed by atoms with Crippen molar-refractivity contribution in [1.29, 1.82) is 0 Å². The lowest BCUT2D eigenvalue weighted by atomic mass is 10.1. The number of rotatable bonds is 9. The Labute approximate surface area is 225 Å². The number of carbonyl (C=O) groups is 1. The van der Waals surface area contributed by atoms with E-state index in [4.69, 9.17) is 17.0 Å². The summed E-state index contributed by atoms with van der Waals surface area (Å²) in [4.78, 5) is 12.9. The Bertz CT molecular complexity index is 1340. The molecule has 36 heavy (non-hydrogen) atoms. The number of hydrogen-bond donors (Lipinski definition) is 3. The maximum absolute atomic E-state index is 12.8. The van der Waals surface area contributed by atoms with E-state index >= 15 is 0 Å². The number of hydrogen-bond acceptors (Lipinski definition) is 5. The van der Waals surface area contributed by atoms with Gasteiger partial charge in [0.15, 0.2) is 5.11 Å². The largest absolute Gasteiger partial charge is 0.493 e. The second-order valence-electron chi connectivity index (χ2n) is 8.26. The van der Waals surface area contributed by atoms with E-state index in [0.29, 0.717) is 29.3 Å². The van der Waals surface area contributed by atoms with Gasteiger partial charge in [-0.1, -0.05) is 35.3 Å². The smallest absolute Gasteiger partial charge is 0.261 e. The monoisotopic (exact) mass is 589 g/mol. The summed E-state index contributed by atoms with van der Waals surface area (Å²) in [6, 6.07) is 16.8. The van der Waals surface area contributed by atoms with Gasteiger partial charge in [0, 0.05) is 15.8 Å². The Kier molecular flexibility index (Phi) is 9.47. The summed E-state index contributed by atoms with van der Waals surface area (Å²) in [6.45, 7) is 6.38. The summed E-state index contributed by atoms with van der Waals surface area (Å²) in [5, 5.41) is 5.62. The number of thiocarbonyl (C=S) groups is 1. The van der Waals surface area contributed by atoms with Gasteiger partial charge in [-0.15, -0.1) is 0 Å². The van der Waals surface area contributed by atoms with Gasteiger partial charge < -0.3 is 10.1 Å². The highest BCUT2D eigenvalue weighted by molar-refractivity contribution is 9.10. The fourth-order valence-electron chi connectivity index (χ4n) is 3.43. The van der Waals surface area contributed by atoms with Crippen LogP contribution in [0.15, 0.2) is 70.0 Å². The molecule has 0 saturated heterocycles. The number of benzene rings is 3. The second-order valence-corrected chi connectivity index (χ2v) is 11.3. The SMILES string of the molecule is CCCCOc1ccc(Br)cc1C(=O)NC(=S)Nc1ccc(S(=O)(=O)Nc2cc(C)cc(C)c2)cc1. The lowest BCUT2D eigenvalue weighted by molar-refractivity contribution is 0.0973. The van der Waals surface area contributed by atoms with Crippen LogP contribution in [0.25, 0.3) is 0 Å². The molecule has 10 heteroatoms. The summed E-state index contributed by atoms with van der Waals surface area (Å²) in [6.07, 6.45) is 1.86. The van der Waals surface area contributed by atoms with Crippen LogP contribution >= 0.6 is 28.1 Å². The number of anilines is 2. The van der Waals surface area contributed by atoms with Crippen molar-refractivity contribution in [2.24, 2.45) is 0 Å². The Balaban J connectivity index is 1.65. The van der Waals surface area contributed by atoms with Gasteiger partial charge in [-0.3, -0.25) is 14.8 Å². The average molecular weight is 591 g/mol. The zero-order valence-electron chi connectivity index (χ0n) is 20.2. The first kappa shape index (κ1) is 27.6. The van der Waals surface area contributed by atoms with Crippen LogP contribution in [0, 0.1) is 13.8 Å². The van der Waals surface area contributed by atoms with E-state index in [2.05, 4.69) is 38.2 Å². The van der Waals surface area contributed by atoms with Crippen molar-refractivity contribution < 1.29 is 17.9 Å². The first-order valence-electron chi connectivity index (χ1n) is 11.3. The third kappa shape index (κ3) is 7.78. The molecule has 3 rings (SSSR count). The molecule has 3 N–H and O–H groups in total. The van der Waals surface area contributed by atoms with Crippen LogP contribution in [0.4, 0.5) is 11.4 Å². The minimum absolute atomic E-state index is 0.0726. The number of halogens is 1. The molecule has 1 amide bonds. The van der Waals surface area contributed by atoms with Crippen molar-refractivity contribution >= 4 is 60.6 Å². The Morgan fingerprint density at radius 2 is 1.64 bits per heavy atom. The molecule has 0 aliphatic carbocycles. The van der Waals surface area contributed by atoms with Gasteiger partial charge in [0.1, 0.15) is 5.75 Å². The van der Waals surface area contributed by atoms with E-state index in [1.165, 1.54) is 12.1 Å². The van der Waals surface area contributed by atoms with Crippen LogP contribution < -0.4 is 20.1 Å². The molecule has 0 radical (unpaired) electrons. The van der Waals surface area contributed by atoms with Crippen LogP contribution in [0.5, 0.6) is 5.75 Å². The number of unbranched alkanes of at least 4 members (excludes halogenated alkanes) is 1. The molecule has 0 aliphatic rings. The zero-order valence-corrected chi connectivity index (χ0v) is 23.4. The fraction of sp³-hybridized carbons (Fsp3) is 0.231. The molecular formula is C26H28BrN3O4S2. The highest BCUT2D eigenvalue weighted by Crippen LogP contribution is 2.24. The molecule has 0 unspecified atom stereocenters. The van der Waals surface area contributed by atoms with Gasteiger partial charge in [0.2, 0.25) is 0 Å². The van der Waals surface area contributed by atoms with Gasteiger partial charge in [0.05, 0.1) is 17.1 Å². The van der Waals surface area contributed by atoms with Gasteiger partial charge in [-0.25, -0.2) is 8.42 Å². The number of carbonyl (C=O) groups excluding carboxylic acids is 1. The van der Waals surface area contributed by atoms with Crippen LogP contribution in [-0.4, -0.2) is 26.0 Å². The lowest BCUT2D eigenvalue weighted by Crippen LogP contribution is -2.34. The molecule has 3 aromatic carbocycles. The summed E-state index contributed by atoms with van der Waals surface area (Å²) in [5.41, 5.74) is 3.31. The quantitative estimate of drug-likeness (QED) is 0.204. The summed E-state index contributed by atoms with van der Waals surface area (Å²) in [7, 11) is -3.76. The lowest BCUT2D eigenvalue weighted by Gasteiger charge is -2.14. The summed E-state index contributed by atoms with van der Waals surface area (Å²) >= 11 is 8.66. The Morgan fingerprint density at radius 1 is 0.972 bits per heavy atom. The van der Waals surface area contributed by atoms with Crippen LogP contribution in [-0.2, 0) is 10.0 Å². The minimum Gasteiger partial charge on any atom is -0.493 e. The first-order chi connectivity index (χ1) is 17.1. The fourth-order valence-corrected chi connectivity index (χ4v) is 5.04. The van der Waals surface area contributed by atoms with Crippen molar-refractivity contribution in [2.45, 2.75) is 38.5 Å². The zero-order chi connectivity index (χ0) is 26.3. The molecule has 0 saturated carbocycles. The van der Waals surface area contributed by atoms with E-state index in [-0.39, 0.29) is 10.0 Å². The molecule has 0 heterocycles. The molecule has 0 aromatic heterocycles. The number of sulfonamides is 1. The van der Waals surface area contributed by atoms with Crippen LogP contribution in [0.3, 0.4) is 0 Å². The van der Waals surface area contributed by atoms with E-state index in [1.807, 2.05) is 19.9 Å². The predicted molar refractivity (Wildman–Crippen MR) is 151 cm³/mol. The van der Waals surface area contributed by atoms with Crippen molar-refractivity contribution in [2.75, 3.05) is 16.6 Å². The predicted octanol–water partition coefficient (Wildman–Crippen LogP) is 6.17. The molecule has 7 nitrogen and oxygen atoms in total. The topological polar surface area (TPSA) is 96.5 Å². The van der Waals surface area contributed by atoms with E-state index < -0.39 is 15.9 Å². The number of aryl methyl sites for hydroxylation is 2.